The number of carbonyl (C=O) groups excluding carboxylic acids is 6. The van der Waals surface area contributed by atoms with Gasteiger partial charge >= 0.3 is 11.9 Å². The molecule has 50 heavy (non-hydrogen) atoms. The summed E-state index contributed by atoms with van der Waals surface area (Å²) >= 11 is 3.48. The Morgan fingerprint density at radius 1 is 0.840 bits per heavy atom. The van der Waals surface area contributed by atoms with Gasteiger partial charge in [0.15, 0.2) is 0 Å². The van der Waals surface area contributed by atoms with Crippen LogP contribution in [0.5, 0.6) is 0 Å². The van der Waals surface area contributed by atoms with Crippen molar-refractivity contribution in [3.63, 3.8) is 0 Å². The first-order valence-corrected chi connectivity index (χ1v) is 18.0. The third kappa shape index (κ3) is 39.0. The Kier molecular flexibility index (Phi) is 46.7. The zero-order valence-electron chi connectivity index (χ0n) is 28.9. The second kappa shape index (κ2) is 41.7. The number of carbonyl (C=O) groups is 7. The summed E-state index contributed by atoms with van der Waals surface area (Å²) in [5.74, 6) is -1.81. The van der Waals surface area contributed by atoms with Gasteiger partial charge < -0.3 is 38.2 Å². The SMILES string of the molecule is C.CCCCCN=C=NCC.CSCCN.CSCCNC(=O)CN.NCC(=O)O.NCC(=O)ON1C(=O)CCC1=O.O=C1CCC(=O)N1O. The maximum absolute atomic E-state index is 10.8. The molecule has 0 aliphatic carbocycles. The molecule has 19 nitrogen and oxygen atoms in total. The summed E-state index contributed by atoms with van der Waals surface area (Å²) < 4.78 is 0. The summed E-state index contributed by atoms with van der Waals surface area (Å²) in [4.78, 5) is 84.6. The topological polar surface area (TPSA) is 316 Å². The molecule has 0 saturated carbocycles. The summed E-state index contributed by atoms with van der Waals surface area (Å²) in [6, 6.07) is 2.64. The first-order chi connectivity index (χ1) is 23.3. The zero-order valence-corrected chi connectivity index (χ0v) is 30.5. The fraction of sp³-hybridized carbons (Fsp3) is 0.724. The van der Waals surface area contributed by atoms with Gasteiger partial charge in [-0.05, 0) is 25.9 Å². The number of hydroxylamine groups is 4. The van der Waals surface area contributed by atoms with Crippen LogP contribution < -0.4 is 28.3 Å². The number of nitrogens with zero attached hydrogens (tertiary/aromatic N) is 4. The van der Waals surface area contributed by atoms with Crippen LogP contribution in [-0.4, -0.2) is 138 Å². The molecular weight excluding hydrogens is 699 g/mol. The van der Waals surface area contributed by atoms with Crippen LogP contribution in [0.3, 0.4) is 0 Å². The van der Waals surface area contributed by atoms with Crippen LogP contribution in [-0.2, 0) is 38.4 Å². The second-order valence-corrected chi connectivity index (χ2v) is 10.9. The van der Waals surface area contributed by atoms with E-state index in [0.717, 1.165) is 37.7 Å². The van der Waals surface area contributed by atoms with Crippen molar-refractivity contribution < 1.29 is 48.7 Å². The van der Waals surface area contributed by atoms with E-state index in [1.807, 2.05) is 19.4 Å². The molecule has 5 amide bonds. The van der Waals surface area contributed by atoms with Crippen LogP contribution in [0.25, 0.3) is 0 Å². The van der Waals surface area contributed by atoms with E-state index in [2.05, 4.69) is 38.8 Å². The molecule has 2 fully saturated rings. The minimum absolute atomic E-state index is 0. The number of hydrogen-bond acceptors (Lipinski definition) is 17. The first kappa shape index (κ1) is 56.0. The normalized spacial score (nSPS) is 12.3. The number of imide groups is 2. The molecule has 0 aromatic carbocycles. The maximum Gasteiger partial charge on any atom is 0.346 e. The smallest absolute Gasteiger partial charge is 0.346 e. The third-order valence-electron chi connectivity index (χ3n) is 4.87. The van der Waals surface area contributed by atoms with Crippen molar-refractivity contribution in [3.05, 3.63) is 0 Å². The lowest BCUT2D eigenvalue weighted by Gasteiger charge is -2.10. The largest absolute Gasteiger partial charge is 0.480 e. The van der Waals surface area contributed by atoms with Gasteiger partial charge in [-0.1, -0.05) is 27.2 Å². The van der Waals surface area contributed by atoms with E-state index >= 15 is 0 Å². The molecule has 0 aromatic heterocycles. The Morgan fingerprint density at radius 3 is 1.66 bits per heavy atom. The molecule has 2 aliphatic heterocycles. The van der Waals surface area contributed by atoms with Gasteiger partial charge in [0, 0.05) is 63.4 Å². The number of nitrogens with one attached hydrogen (secondary N) is 1. The van der Waals surface area contributed by atoms with Crippen molar-refractivity contribution in [2.24, 2.45) is 32.9 Å². The summed E-state index contributed by atoms with van der Waals surface area (Å²) in [6.07, 6.45) is 8.21. The number of rotatable bonds is 14. The van der Waals surface area contributed by atoms with E-state index in [-0.39, 0.29) is 63.7 Å². The summed E-state index contributed by atoms with van der Waals surface area (Å²) in [5, 5.41) is 19.3. The van der Waals surface area contributed by atoms with E-state index in [1.165, 1.54) is 19.3 Å². The molecule has 0 radical (unpaired) electrons. The average molecular weight is 758 g/mol. The van der Waals surface area contributed by atoms with Gasteiger partial charge in [-0.2, -0.15) is 28.6 Å². The average Bonchev–Trinajstić information content (AvgIpc) is 3.57. The van der Waals surface area contributed by atoms with Crippen LogP contribution >= 0.6 is 23.5 Å². The molecule has 2 heterocycles. The van der Waals surface area contributed by atoms with E-state index in [9.17, 15) is 33.6 Å². The fourth-order valence-corrected chi connectivity index (χ4v) is 3.00. The van der Waals surface area contributed by atoms with E-state index in [0.29, 0.717) is 5.06 Å². The van der Waals surface area contributed by atoms with Crippen molar-refractivity contribution in [2.45, 2.75) is 66.2 Å². The van der Waals surface area contributed by atoms with E-state index < -0.39 is 35.6 Å². The van der Waals surface area contributed by atoms with Gasteiger partial charge in [0.2, 0.25) is 5.91 Å². The Bertz CT molecular complexity index is 984. The highest BCUT2D eigenvalue weighted by Gasteiger charge is 2.32. The highest BCUT2D eigenvalue weighted by atomic mass is 32.2. The highest BCUT2D eigenvalue weighted by Crippen LogP contribution is 2.11. The van der Waals surface area contributed by atoms with Crippen molar-refractivity contribution in [1.29, 1.82) is 0 Å². The number of unbranched alkanes of at least 4 members (excludes halogenated alkanes) is 2. The summed E-state index contributed by atoms with van der Waals surface area (Å²) in [7, 11) is 0. The predicted octanol–water partition coefficient (Wildman–Crippen LogP) is -0.154. The van der Waals surface area contributed by atoms with Crippen LogP contribution in [0.15, 0.2) is 9.98 Å². The number of aliphatic carboxylic acids is 1. The van der Waals surface area contributed by atoms with Crippen LogP contribution in [0.1, 0.15) is 66.2 Å². The number of amides is 5. The molecule has 2 aliphatic rings. The van der Waals surface area contributed by atoms with Gasteiger partial charge in [-0.25, -0.2) is 14.8 Å². The second-order valence-electron chi connectivity index (χ2n) is 8.94. The van der Waals surface area contributed by atoms with Crippen molar-refractivity contribution in [2.75, 3.05) is 69.8 Å². The summed E-state index contributed by atoms with van der Waals surface area (Å²) in [6.45, 7) is 6.83. The Hall–Kier alpha value is -3.43. The number of nitrogens with two attached hydrogens (primary N) is 4. The van der Waals surface area contributed by atoms with Crippen LogP contribution in [0.2, 0.25) is 0 Å². The molecule has 0 aromatic rings. The summed E-state index contributed by atoms with van der Waals surface area (Å²) in [5.41, 5.74) is 19.6. The Morgan fingerprint density at radius 2 is 1.34 bits per heavy atom. The highest BCUT2D eigenvalue weighted by molar-refractivity contribution is 7.98. The van der Waals surface area contributed by atoms with Gasteiger partial charge in [0.05, 0.1) is 25.6 Å². The lowest BCUT2D eigenvalue weighted by Crippen LogP contribution is -2.34. The van der Waals surface area contributed by atoms with Crippen LogP contribution in [0, 0.1) is 0 Å². The molecule has 11 N–H and O–H groups in total. The quantitative estimate of drug-likeness (QED) is 0.0524. The number of aliphatic imine (C=N–C) groups is 2. The number of carboxylic acids is 1. The Labute approximate surface area is 303 Å². The van der Waals surface area contributed by atoms with Crippen molar-refractivity contribution in [3.8, 4) is 0 Å². The standard InChI is InChI=1S/C8H16N2.C6H8N2O4.C5H12N2OS.C4H5NO3.C3H9NS.C2H5NO2.CH4/c1-3-5-6-7-10-8-9-4-2;7-3-6(11)12-8-4(9)1-2-5(8)10;1-9-3-2-7-5(8)4-6;6-3-1-2-4(7)5(3)8;1-5-3-2-4;3-1-2(4)5;/h3-7H2,1-2H3;1-3,7H2;2-4,6H2,1H3,(H,7,8);8H,1-2H2;2-4H2,1H3;1,3H2,(H,4,5);1H4. The van der Waals surface area contributed by atoms with Crippen molar-refractivity contribution >= 4 is 71.0 Å². The molecule has 0 bridgehead atoms. The molecule has 0 unspecified atom stereocenters. The number of thioether (sulfide) groups is 2. The monoisotopic (exact) mass is 757 g/mol. The predicted molar refractivity (Wildman–Crippen MR) is 195 cm³/mol. The molecule has 2 saturated heterocycles. The lowest BCUT2D eigenvalue weighted by molar-refractivity contribution is -0.196. The Balaban J connectivity index is -0.000000166. The van der Waals surface area contributed by atoms with Gasteiger partial charge in [-0.3, -0.25) is 34.0 Å². The zero-order chi connectivity index (χ0) is 38.5. The van der Waals surface area contributed by atoms with E-state index in [4.69, 9.17) is 27.5 Å². The van der Waals surface area contributed by atoms with Gasteiger partial charge in [0.25, 0.3) is 23.6 Å². The number of carboxylic acid groups (broad SMARTS) is 1. The first-order valence-electron chi connectivity index (χ1n) is 15.2. The third-order valence-corrected chi connectivity index (χ3v) is 6.13. The molecule has 292 valence electrons. The molecule has 0 atom stereocenters. The fourth-order valence-electron chi connectivity index (χ4n) is 2.46. The molecule has 2 rings (SSSR count). The lowest BCUT2D eigenvalue weighted by atomic mass is 10.3. The van der Waals surface area contributed by atoms with Gasteiger partial charge in [-0.15, -0.1) is 5.06 Å². The maximum atomic E-state index is 10.8. The van der Waals surface area contributed by atoms with Crippen molar-refractivity contribution in [1.82, 2.24) is 15.4 Å². The molecule has 21 heteroatoms. The molecular formula is C29H59N9O10S2. The van der Waals surface area contributed by atoms with Crippen LogP contribution in [0.4, 0.5) is 0 Å². The number of hydrogen-bond donors (Lipinski definition) is 7. The van der Waals surface area contributed by atoms with Gasteiger partial charge in [0.1, 0.15) is 0 Å². The molecule has 0 spiro atoms. The van der Waals surface area contributed by atoms with E-state index in [1.54, 1.807) is 23.5 Å². The minimum Gasteiger partial charge on any atom is -0.480 e. The minimum atomic E-state index is -0.968.